The molecule has 154 valence electrons. The van der Waals surface area contributed by atoms with E-state index >= 15 is 0 Å². The Hall–Kier alpha value is -2.14. The van der Waals surface area contributed by atoms with Gasteiger partial charge in [0, 0.05) is 23.4 Å². The van der Waals surface area contributed by atoms with Crippen LogP contribution in [0.15, 0.2) is 47.8 Å². The Kier molecular flexibility index (Phi) is 6.65. The second kappa shape index (κ2) is 9.57. The number of carbonyl (C=O) groups is 2. The van der Waals surface area contributed by atoms with Crippen molar-refractivity contribution in [3.63, 3.8) is 0 Å². The zero-order chi connectivity index (χ0) is 20.1. The molecule has 2 aliphatic rings. The number of benzene rings is 1. The first-order valence-electron chi connectivity index (χ1n) is 10.9. The standard InChI is InChI=1S/C24H30N2O2S/c27-23(18-26(24(28)20-13-14-20)21-10-5-2-6-11-21)25(17-22-12-7-15-29-22)16-19-8-3-1-4-9-19/h1,3-4,7-9,12,15,20-21H,2,5-6,10-11,13-14,16-18H2. The molecule has 0 N–H and O–H groups in total. The number of hydrogen-bond donors (Lipinski definition) is 0. The molecular formula is C24H30N2O2S. The van der Waals surface area contributed by atoms with Gasteiger partial charge in [0.25, 0.3) is 0 Å². The summed E-state index contributed by atoms with van der Waals surface area (Å²) < 4.78 is 0. The van der Waals surface area contributed by atoms with Gasteiger partial charge < -0.3 is 9.80 Å². The zero-order valence-corrected chi connectivity index (χ0v) is 17.8. The van der Waals surface area contributed by atoms with Crippen LogP contribution in [-0.2, 0) is 22.7 Å². The van der Waals surface area contributed by atoms with Crippen LogP contribution in [0.4, 0.5) is 0 Å². The van der Waals surface area contributed by atoms with Crippen LogP contribution in [0.5, 0.6) is 0 Å². The minimum Gasteiger partial charge on any atom is -0.332 e. The molecule has 2 fully saturated rings. The van der Waals surface area contributed by atoms with Crippen molar-refractivity contribution in [1.29, 1.82) is 0 Å². The van der Waals surface area contributed by atoms with Gasteiger partial charge in [-0.1, -0.05) is 55.7 Å². The molecule has 2 saturated carbocycles. The topological polar surface area (TPSA) is 40.6 Å². The van der Waals surface area contributed by atoms with E-state index in [1.807, 2.05) is 39.4 Å². The van der Waals surface area contributed by atoms with E-state index in [9.17, 15) is 9.59 Å². The second-order valence-corrected chi connectivity index (χ2v) is 9.38. The molecule has 1 aromatic carbocycles. The summed E-state index contributed by atoms with van der Waals surface area (Å²) in [7, 11) is 0. The fraction of sp³-hybridized carbons (Fsp3) is 0.500. The smallest absolute Gasteiger partial charge is 0.242 e. The van der Waals surface area contributed by atoms with E-state index < -0.39 is 0 Å². The van der Waals surface area contributed by atoms with Gasteiger partial charge in [0.1, 0.15) is 6.54 Å². The van der Waals surface area contributed by atoms with Crippen LogP contribution in [-0.4, -0.2) is 34.2 Å². The highest BCUT2D eigenvalue weighted by Crippen LogP contribution is 2.34. The third kappa shape index (κ3) is 5.47. The predicted octanol–water partition coefficient (Wildman–Crippen LogP) is 4.85. The van der Waals surface area contributed by atoms with Gasteiger partial charge in [0.2, 0.25) is 11.8 Å². The van der Waals surface area contributed by atoms with Gasteiger partial charge in [-0.2, -0.15) is 0 Å². The van der Waals surface area contributed by atoms with E-state index in [4.69, 9.17) is 0 Å². The molecule has 5 heteroatoms. The highest BCUT2D eigenvalue weighted by molar-refractivity contribution is 7.09. The molecule has 2 aliphatic carbocycles. The molecule has 1 heterocycles. The van der Waals surface area contributed by atoms with Crippen LogP contribution >= 0.6 is 11.3 Å². The Morgan fingerprint density at radius 1 is 0.897 bits per heavy atom. The van der Waals surface area contributed by atoms with Crippen molar-refractivity contribution in [2.75, 3.05) is 6.54 Å². The van der Waals surface area contributed by atoms with Gasteiger partial charge in [-0.3, -0.25) is 9.59 Å². The Morgan fingerprint density at radius 2 is 1.66 bits per heavy atom. The van der Waals surface area contributed by atoms with Crippen LogP contribution < -0.4 is 0 Å². The molecule has 4 nitrogen and oxygen atoms in total. The molecule has 0 spiro atoms. The van der Waals surface area contributed by atoms with Crippen LogP contribution in [0.1, 0.15) is 55.4 Å². The van der Waals surface area contributed by atoms with Crippen molar-refractivity contribution >= 4 is 23.2 Å². The third-order valence-electron chi connectivity index (χ3n) is 6.03. The van der Waals surface area contributed by atoms with Crippen molar-refractivity contribution in [2.45, 2.75) is 64.1 Å². The molecule has 2 aromatic rings. The molecule has 0 unspecified atom stereocenters. The quantitative estimate of drug-likeness (QED) is 0.624. The Bertz CT molecular complexity index is 796. The van der Waals surface area contributed by atoms with Gasteiger partial charge in [-0.05, 0) is 42.7 Å². The van der Waals surface area contributed by atoms with Gasteiger partial charge in [0.15, 0.2) is 0 Å². The summed E-state index contributed by atoms with van der Waals surface area (Å²) in [5, 5.41) is 2.05. The fourth-order valence-electron chi connectivity index (χ4n) is 4.22. The summed E-state index contributed by atoms with van der Waals surface area (Å²) >= 11 is 1.67. The van der Waals surface area contributed by atoms with E-state index in [2.05, 4.69) is 18.2 Å². The first-order chi connectivity index (χ1) is 14.2. The van der Waals surface area contributed by atoms with Gasteiger partial charge in [0.05, 0.1) is 6.54 Å². The number of nitrogens with zero attached hydrogens (tertiary/aromatic N) is 2. The van der Waals surface area contributed by atoms with E-state index in [-0.39, 0.29) is 30.3 Å². The normalized spacial score (nSPS) is 17.1. The lowest BCUT2D eigenvalue weighted by atomic mass is 9.93. The lowest BCUT2D eigenvalue weighted by Crippen LogP contribution is -2.48. The second-order valence-electron chi connectivity index (χ2n) is 8.35. The minimum absolute atomic E-state index is 0.0572. The predicted molar refractivity (Wildman–Crippen MR) is 116 cm³/mol. The van der Waals surface area contributed by atoms with Crippen molar-refractivity contribution in [3.8, 4) is 0 Å². The molecule has 0 radical (unpaired) electrons. The maximum Gasteiger partial charge on any atom is 0.242 e. The fourth-order valence-corrected chi connectivity index (χ4v) is 4.94. The Labute approximate surface area is 177 Å². The number of thiophene rings is 1. The van der Waals surface area contributed by atoms with Crippen LogP contribution in [0.25, 0.3) is 0 Å². The van der Waals surface area contributed by atoms with E-state index in [1.54, 1.807) is 11.3 Å². The van der Waals surface area contributed by atoms with Crippen LogP contribution in [0.3, 0.4) is 0 Å². The molecule has 1 aromatic heterocycles. The van der Waals surface area contributed by atoms with Crippen molar-refractivity contribution in [2.24, 2.45) is 5.92 Å². The monoisotopic (exact) mass is 410 g/mol. The van der Waals surface area contributed by atoms with Crippen molar-refractivity contribution in [1.82, 2.24) is 9.80 Å². The first kappa shape index (κ1) is 20.1. The van der Waals surface area contributed by atoms with Crippen LogP contribution in [0, 0.1) is 5.92 Å². The largest absolute Gasteiger partial charge is 0.332 e. The summed E-state index contributed by atoms with van der Waals surface area (Å²) in [6.45, 7) is 1.40. The Balaban J connectivity index is 1.50. The molecule has 0 aliphatic heterocycles. The molecule has 29 heavy (non-hydrogen) atoms. The van der Waals surface area contributed by atoms with Crippen LogP contribution in [0.2, 0.25) is 0 Å². The summed E-state index contributed by atoms with van der Waals surface area (Å²) in [5.74, 6) is 0.424. The highest BCUT2D eigenvalue weighted by Gasteiger charge is 2.38. The third-order valence-corrected chi connectivity index (χ3v) is 6.89. The number of rotatable bonds is 8. The molecular weight excluding hydrogens is 380 g/mol. The molecule has 2 amide bonds. The van der Waals surface area contributed by atoms with Gasteiger partial charge in [-0.25, -0.2) is 0 Å². The van der Waals surface area contributed by atoms with Crippen molar-refractivity contribution < 1.29 is 9.59 Å². The lowest BCUT2D eigenvalue weighted by Gasteiger charge is -2.35. The van der Waals surface area contributed by atoms with E-state index in [0.717, 1.165) is 44.1 Å². The number of hydrogen-bond acceptors (Lipinski definition) is 3. The summed E-state index contributed by atoms with van der Waals surface area (Å²) in [5.41, 5.74) is 1.12. The maximum atomic E-state index is 13.4. The van der Waals surface area contributed by atoms with E-state index in [1.165, 1.54) is 11.3 Å². The average molecular weight is 411 g/mol. The minimum atomic E-state index is 0.0572. The SMILES string of the molecule is O=C(CN(C(=O)C1CC1)C1CCCCC1)N(Cc1ccccc1)Cc1cccs1. The lowest BCUT2D eigenvalue weighted by molar-refractivity contribution is -0.144. The summed E-state index contributed by atoms with van der Waals surface area (Å²) in [6.07, 6.45) is 7.61. The van der Waals surface area contributed by atoms with Gasteiger partial charge >= 0.3 is 0 Å². The Morgan fingerprint density at radius 3 is 2.31 bits per heavy atom. The summed E-state index contributed by atoms with van der Waals surface area (Å²) in [4.78, 5) is 31.4. The summed E-state index contributed by atoms with van der Waals surface area (Å²) in [6, 6.07) is 14.5. The highest BCUT2D eigenvalue weighted by atomic mass is 32.1. The molecule has 4 rings (SSSR count). The zero-order valence-electron chi connectivity index (χ0n) is 17.0. The molecule has 0 saturated heterocycles. The van der Waals surface area contributed by atoms with Gasteiger partial charge in [-0.15, -0.1) is 11.3 Å². The molecule has 0 bridgehead atoms. The first-order valence-corrected chi connectivity index (χ1v) is 11.7. The number of amides is 2. The maximum absolute atomic E-state index is 13.4. The average Bonchev–Trinajstić information content (AvgIpc) is 3.49. The number of carbonyl (C=O) groups excluding carboxylic acids is 2. The van der Waals surface area contributed by atoms with E-state index in [0.29, 0.717) is 13.1 Å². The molecule has 0 atom stereocenters. The van der Waals surface area contributed by atoms with Crippen molar-refractivity contribution in [3.05, 3.63) is 58.3 Å².